The Morgan fingerprint density at radius 1 is 1.21 bits per heavy atom. The van der Waals surface area contributed by atoms with Crippen molar-refractivity contribution in [3.63, 3.8) is 0 Å². The molecule has 0 bridgehead atoms. The molecule has 0 saturated carbocycles. The van der Waals surface area contributed by atoms with E-state index in [1.807, 2.05) is 0 Å². The van der Waals surface area contributed by atoms with E-state index in [9.17, 15) is 4.79 Å². The number of rotatable bonds is 2. The predicted octanol–water partition coefficient (Wildman–Crippen LogP) is 4.17. The van der Waals surface area contributed by atoms with Crippen LogP contribution in [0.5, 0.6) is 11.5 Å². The van der Waals surface area contributed by atoms with Crippen LogP contribution < -0.4 is 9.47 Å². The molecule has 0 amide bonds. The Balaban J connectivity index is 2.03. The van der Waals surface area contributed by atoms with Crippen molar-refractivity contribution < 1.29 is 14.3 Å². The number of benzene rings is 1. The Hall–Kier alpha value is -1.04. The van der Waals surface area contributed by atoms with Crippen molar-refractivity contribution in [3.8, 4) is 11.5 Å². The van der Waals surface area contributed by atoms with Crippen molar-refractivity contribution in [2.24, 2.45) is 0 Å². The second-order valence-electron chi connectivity index (χ2n) is 3.94. The molecule has 0 unspecified atom stereocenters. The zero-order valence-electron chi connectivity index (χ0n) is 9.61. The molecule has 0 fully saturated rings. The van der Waals surface area contributed by atoms with E-state index in [0.29, 0.717) is 40.9 Å². The predicted molar refractivity (Wildman–Crippen MR) is 77.9 cm³/mol. The van der Waals surface area contributed by atoms with Gasteiger partial charge >= 0.3 is 0 Å². The topological polar surface area (TPSA) is 35.5 Å². The van der Waals surface area contributed by atoms with Crippen LogP contribution in [0.15, 0.2) is 27.4 Å². The van der Waals surface area contributed by atoms with Crippen LogP contribution in [-0.4, -0.2) is 19.0 Å². The first-order valence-corrected chi connectivity index (χ1v) is 7.58. The smallest absolute Gasteiger partial charge is 0.195 e. The van der Waals surface area contributed by atoms with E-state index >= 15 is 0 Å². The molecule has 0 N–H and O–H groups in total. The van der Waals surface area contributed by atoms with Gasteiger partial charge in [-0.3, -0.25) is 4.79 Å². The number of hydrogen-bond acceptors (Lipinski definition) is 4. The summed E-state index contributed by atoms with van der Waals surface area (Å²) < 4.78 is 11.8. The van der Waals surface area contributed by atoms with Gasteiger partial charge in [0.2, 0.25) is 0 Å². The second-order valence-corrected chi connectivity index (χ2v) is 6.64. The zero-order chi connectivity index (χ0) is 13.4. The molecule has 3 rings (SSSR count). The van der Waals surface area contributed by atoms with E-state index < -0.39 is 0 Å². The molecule has 6 heteroatoms. The molecule has 0 atom stereocenters. The number of fused-ring (bicyclic) bond motifs is 1. The largest absolute Gasteiger partial charge is 0.486 e. The highest BCUT2D eigenvalue weighted by Crippen LogP contribution is 2.36. The standard InChI is InChI=1S/C13H8BrClO3S/c14-12-3-7(6-19-12)13(16)8-4-10-11(5-9(8)15)18-2-1-17-10/h3-6H,1-2H2. The second kappa shape index (κ2) is 5.15. The molecule has 1 aromatic heterocycles. The van der Waals surface area contributed by atoms with Gasteiger partial charge in [-0.2, -0.15) is 0 Å². The molecular formula is C13H8BrClO3S. The van der Waals surface area contributed by atoms with E-state index in [-0.39, 0.29) is 5.78 Å². The van der Waals surface area contributed by atoms with Crippen molar-refractivity contribution >= 4 is 44.7 Å². The molecular weight excluding hydrogens is 352 g/mol. The van der Waals surface area contributed by atoms with Gasteiger partial charge in [0, 0.05) is 22.6 Å². The maximum absolute atomic E-state index is 12.4. The van der Waals surface area contributed by atoms with Crippen LogP contribution in [0, 0.1) is 0 Å². The average molecular weight is 360 g/mol. The maximum Gasteiger partial charge on any atom is 0.195 e. The average Bonchev–Trinajstić information content (AvgIpc) is 2.84. The van der Waals surface area contributed by atoms with Crippen molar-refractivity contribution in [2.75, 3.05) is 13.2 Å². The molecule has 2 aromatic rings. The van der Waals surface area contributed by atoms with Gasteiger partial charge in [-0.25, -0.2) is 0 Å². The molecule has 0 radical (unpaired) electrons. The van der Waals surface area contributed by atoms with E-state index in [1.165, 1.54) is 11.3 Å². The Morgan fingerprint density at radius 2 is 1.89 bits per heavy atom. The highest BCUT2D eigenvalue weighted by Gasteiger charge is 2.20. The zero-order valence-corrected chi connectivity index (χ0v) is 12.8. The summed E-state index contributed by atoms with van der Waals surface area (Å²) in [5.41, 5.74) is 1.03. The van der Waals surface area contributed by atoms with Gasteiger partial charge in [0.1, 0.15) is 13.2 Å². The van der Waals surface area contributed by atoms with Gasteiger partial charge in [-0.15, -0.1) is 11.3 Å². The van der Waals surface area contributed by atoms with Crippen LogP contribution in [0.1, 0.15) is 15.9 Å². The summed E-state index contributed by atoms with van der Waals surface area (Å²) in [6.45, 7) is 0.973. The minimum absolute atomic E-state index is 0.121. The Morgan fingerprint density at radius 3 is 2.53 bits per heavy atom. The fourth-order valence-corrected chi connectivity index (χ4v) is 3.20. The van der Waals surface area contributed by atoms with Crippen molar-refractivity contribution in [2.45, 2.75) is 0 Å². The number of thiophene rings is 1. The van der Waals surface area contributed by atoms with E-state index in [4.69, 9.17) is 21.1 Å². The monoisotopic (exact) mass is 358 g/mol. The third-order valence-electron chi connectivity index (χ3n) is 2.71. The molecule has 19 heavy (non-hydrogen) atoms. The molecule has 0 spiro atoms. The third-order valence-corrected chi connectivity index (χ3v) is 4.52. The lowest BCUT2D eigenvalue weighted by atomic mass is 10.1. The van der Waals surface area contributed by atoms with Gasteiger partial charge in [0.05, 0.1) is 8.81 Å². The normalized spacial score (nSPS) is 13.4. The summed E-state index contributed by atoms with van der Waals surface area (Å²) in [4.78, 5) is 12.4. The number of ether oxygens (including phenoxy) is 2. The van der Waals surface area contributed by atoms with E-state index in [2.05, 4.69) is 15.9 Å². The lowest BCUT2D eigenvalue weighted by molar-refractivity contribution is 0.103. The fourth-order valence-electron chi connectivity index (χ4n) is 1.82. The van der Waals surface area contributed by atoms with E-state index in [1.54, 1.807) is 23.6 Å². The lowest BCUT2D eigenvalue weighted by Crippen LogP contribution is -2.16. The first kappa shape index (κ1) is 13.0. The van der Waals surface area contributed by atoms with Crippen LogP contribution in [0.3, 0.4) is 0 Å². The molecule has 1 aromatic carbocycles. The van der Waals surface area contributed by atoms with Gasteiger partial charge < -0.3 is 9.47 Å². The Bertz CT molecular complexity index is 653. The minimum atomic E-state index is -0.121. The number of hydrogen-bond donors (Lipinski definition) is 0. The number of carbonyl (C=O) groups is 1. The van der Waals surface area contributed by atoms with Crippen molar-refractivity contribution in [1.82, 2.24) is 0 Å². The summed E-state index contributed by atoms with van der Waals surface area (Å²) >= 11 is 10.9. The molecule has 3 nitrogen and oxygen atoms in total. The lowest BCUT2D eigenvalue weighted by Gasteiger charge is -2.19. The fraction of sp³-hybridized carbons (Fsp3) is 0.154. The number of halogens is 2. The van der Waals surface area contributed by atoms with Crippen LogP contribution in [-0.2, 0) is 0 Å². The van der Waals surface area contributed by atoms with Gasteiger partial charge in [0.25, 0.3) is 0 Å². The molecule has 1 aliphatic rings. The maximum atomic E-state index is 12.4. The molecule has 2 heterocycles. The molecule has 98 valence electrons. The summed E-state index contributed by atoms with van der Waals surface area (Å²) in [5, 5.41) is 2.16. The quantitative estimate of drug-likeness (QED) is 0.755. The van der Waals surface area contributed by atoms with Crippen LogP contribution in [0.4, 0.5) is 0 Å². The summed E-state index contributed by atoms with van der Waals surface area (Å²) in [6.07, 6.45) is 0. The first-order chi connectivity index (χ1) is 9.15. The Kier molecular flexibility index (Phi) is 3.52. The summed E-state index contributed by atoms with van der Waals surface area (Å²) in [5.74, 6) is 1.02. The highest BCUT2D eigenvalue weighted by atomic mass is 79.9. The molecule has 0 saturated heterocycles. The van der Waals surface area contributed by atoms with Crippen molar-refractivity contribution in [1.29, 1.82) is 0 Å². The van der Waals surface area contributed by atoms with Gasteiger partial charge in [-0.1, -0.05) is 11.6 Å². The highest BCUT2D eigenvalue weighted by molar-refractivity contribution is 9.11. The third kappa shape index (κ3) is 2.50. The summed E-state index contributed by atoms with van der Waals surface area (Å²) in [7, 11) is 0. The Labute approximate surface area is 127 Å². The summed E-state index contributed by atoms with van der Waals surface area (Å²) in [6, 6.07) is 5.05. The van der Waals surface area contributed by atoms with Crippen LogP contribution in [0.25, 0.3) is 0 Å². The number of ketones is 1. The van der Waals surface area contributed by atoms with Crippen molar-refractivity contribution in [3.05, 3.63) is 43.5 Å². The van der Waals surface area contributed by atoms with Gasteiger partial charge in [-0.05, 0) is 28.1 Å². The first-order valence-electron chi connectivity index (χ1n) is 5.53. The number of carbonyl (C=O) groups excluding carboxylic acids is 1. The SMILES string of the molecule is O=C(c1csc(Br)c1)c1cc2c(cc1Cl)OCCO2. The molecule has 1 aliphatic heterocycles. The van der Waals surface area contributed by atoms with Gasteiger partial charge in [0.15, 0.2) is 17.3 Å². The van der Waals surface area contributed by atoms with E-state index in [0.717, 1.165) is 3.79 Å². The minimum Gasteiger partial charge on any atom is -0.486 e. The van der Waals surface area contributed by atoms with Crippen LogP contribution >= 0.6 is 38.9 Å². The van der Waals surface area contributed by atoms with Crippen LogP contribution in [0.2, 0.25) is 5.02 Å². The molecule has 0 aliphatic carbocycles.